The maximum atomic E-state index is 13.4. The molecule has 1 saturated heterocycles. The van der Waals surface area contributed by atoms with Gasteiger partial charge in [0.1, 0.15) is 5.82 Å². The van der Waals surface area contributed by atoms with E-state index in [1.54, 1.807) is 0 Å². The molecule has 1 heterocycles. The van der Waals surface area contributed by atoms with Gasteiger partial charge in [0.15, 0.2) is 0 Å². The number of halogens is 2. The van der Waals surface area contributed by atoms with Crippen molar-refractivity contribution >= 4 is 15.9 Å². The highest BCUT2D eigenvalue weighted by Gasteiger charge is 2.40. The highest BCUT2D eigenvalue weighted by atomic mass is 79.9. The molecule has 2 atom stereocenters. The summed E-state index contributed by atoms with van der Waals surface area (Å²) in [5, 5.41) is 0. The van der Waals surface area contributed by atoms with Crippen LogP contribution in [0.4, 0.5) is 4.39 Å². The zero-order chi connectivity index (χ0) is 13.4. The van der Waals surface area contributed by atoms with Gasteiger partial charge < -0.3 is 10.5 Å². The number of rotatable bonds is 3. The number of nitrogens with two attached hydrogens (primary N) is 1. The van der Waals surface area contributed by atoms with E-state index in [2.05, 4.69) is 20.8 Å². The van der Waals surface area contributed by atoms with Crippen molar-refractivity contribution in [3.8, 4) is 0 Å². The van der Waals surface area contributed by atoms with E-state index in [1.807, 2.05) is 12.1 Å². The largest absolute Gasteiger partial charge is 0.374 e. The van der Waals surface area contributed by atoms with Crippen LogP contribution in [0.2, 0.25) is 0 Å². The van der Waals surface area contributed by atoms with Crippen molar-refractivity contribution in [2.24, 2.45) is 5.73 Å². The predicted octanol–water partition coefficient (Wildman–Crippen LogP) is 2.45. The van der Waals surface area contributed by atoms with E-state index >= 15 is 0 Å². The highest BCUT2D eigenvalue weighted by molar-refractivity contribution is 9.10. The minimum atomic E-state index is -0.234. The van der Waals surface area contributed by atoms with Crippen LogP contribution < -0.4 is 5.73 Å². The fraction of sp³-hybridized carbons (Fsp3) is 0.571. The Morgan fingerprint density at radius 1 is 1.42 bits per heavy atom. The quantitative estimate of drug-likeness (QED) is 0.926. The molecule has 1 saturated carbocycles. The maximum Gasteiger partial charge on any atom is 0.137 e. The highest BCUT2D eigenvalue weighted by Crippen LogP contribution is 2.39. The molecule has 1 aromatic carbocycles. The van der Waals surface area contributed by atoms with Crippen molar-refractivity contribution < 1.29 is 9.13 Å². The van der Waals surface area contributed by atoms with Crippen LogP contribution in [0.3, 0.4) is 0 Å². The second-order valence-electron chi connectivity index (χ2n) is 5.23. The van der Waals surface area contributed by atoms with Gasteiger partial charge in [0, 0.05) is 19.1 Å². The molecule has 104 valence electrons. The molecule has 0 bridgehead atoms. The van der Waals surface area contributed by atoms with Crippen LogP contribution in [0.25, 0.3) is 0 Å². The zero-order valence-electron chi connectivity index (χ0n) is 10.7. The Kier molecular flexibility index (Phi) is 3.89. The van der Waals surface area contributed by atoms with Gasteiger partial charge in [0.25, 0.3) is 0 Å². The van der Waals surface area contributed by atoms with Crippen LogP contribution in [-0.4, -0.2) is 36.7 Å². The fourth-order valence-corrected chi connectivity index (χ4v) is 3.27. The Hall–Kier alpha value is -0.490. The molecule has 3 nitrogen and oxygen atoms in total. The standard InChI is InChI=1S/C14H18BrFN2O/c15-11-7-9(1-4-12(11)16)14-13(8-17)19-6-5-18(14)10-2-3-10/h1,4,7,10,13-14H,2-3,5-6,8,17H2. The van der Waals surface area contributed by atoms with Crippen LogP contribution in [0.15, 0.2) is 22.7 Å². The second kappa shape index (κ2) is 5.48. The number of morpholine rings is 1. The Labute approximate surface area is 121 Å². The lowest BCUT2D eigenvalue weighted by molar-refractivity contribution is -0.0712. The van der Waals surface area contributed by atoms with Crippen LogP contribution in [0.1, 0.15) is 24.4 Å². The molecular weight excluding hydrogens is 311 g/mol. The van der Waals surface area contributed by atoms with Gasteiger partial charge in [-0.05, 0) is 46.5 Å². The normalized spacial score (nSPS) is 28.6. The first kappa shape index (κ1) is 13.5. The van der Waals surface area contributed by atoms with Crippen LogP contribution >= 0.6 is 15.9 Å². The molecule has 2 aliphatic rings. The molecular formula is C14H18BrFN2O. The Morgan fingerprint density at radius 2 is 2.21 bits per heavy atom. The number of benzene rings is 1. The Morgan fingerprint density at radius 3 is 2.84 bits per heavy atom. The Balaban J connectivity index is 1.93. The van der Waals surface area contributed by atoms with Gasteiger partial charge in [-0.1, -0.05) is 6.07 Å². The van der Waals surface area contributed by atoms with Crippen molar-refractivity contribution in [1.29, 1.82) is 0 Å². The van der Waals surface area contributed by atoms with E-state index in [0.717, 1.165) is 18.7 Å². The summed E-state index contributed by atoms with van der Waals surface area (Å²) in [6.45, 7) is 2.15. The third kappa shape index (κ3) is 2.70. The molecule has 0 radical (unpaired) electrons. The van der Waals surface area contributed by atoms with Gasteiger partial charge in [-0.25, -0.2) is 4.39 Å². The summed E-state index contributed by atoms with van der Waals surface area (Å²) >= 11 is 3.26. The third-order valence-electron chi connectivity index (χ3n) is 3.92. The van der Waals surface area contributed by atoms with Gasteiger partial charge in [0.2, 0.25) is 0 Å². The molecule has 0 amide bonds. The lowest BCUT2D eigenvalue weighted by atomic mass is 9.97. The number of hydrogen-bond acceptors (Lipinski definition) is 3. The summed E-state index contributed by atoms with van der Waals surface area (Å²) in [6.07, 6.45) is 2.48. The van der Waals surface area contributed by atoms with E-state index in [4.69, 9.17) is 10.5 Å². The van der Waals surface area contributed by atoms with E-state index in [9.17, 15) is 4.39 Å². The summed E-state index contributed by atoms with van der Waals surface area (Å²) in [7, 11) is 0. The van der Waals surface area contributed by atoms with E-state index < -0.39 is 0 Å². The van der Waals surface area contributed by atoms with Crippen LogP contribution in [0.5, 0.6) is 0 Å². The summed E-state index contributed by atoms with van der Waals surface area (Å²) in [4.78, 5) is 2.47. The van der Waals surface area contributed by atoms with Gasteiger partial charge in [-0.2, -0.15) is 0 Å². The molecule has 1 aliphatic heterocycles. The molecule has 5 heteroatoms. The lowest BCUT2D eigenvalue weighted by Gasteiger charge is -2.41. The SMILES string of the molecule is NCC1OCCN(C2CC2)C1c1ccc(F)c(Br)c1. The van der Waals surface area contributed by atoms with E-state index in [1.165, 1.54) is 18.9 Å². The van der Waals surface area contributed by atoms with Crippen molar-refractivity contribution in [3.63, 3.8) is 0 Å². The zero-order valence-corrected chi connectivity index (χ0v) is 12.3. The molecule has 0 aromatic heterocycles. The predicted molar refractivity (Wildman–Crippen MR) is 75.4 cm³/mol. The molecule has 2 N–H and O–H groups in total. The monoisotopic (exact) mass is 328 g/mol. The fourth-order valence-electron chi connectivity index (χ4n) is 2.87. The summed E-state index contributed by atoms with van der Waals surface area (Å²) in [6, 6.07) is 5.99. The number of hydrogen-bond donors (Lipinski definition) is 1. The number of nitrogens with zero attached hydrogens (tertiary/aromatic N) is 1. The molecule has 3 rings (SSSR count). The topological polar surface area (TPSA) is 38.5 Å². The molecule has 19 heavy (non-hydrogen) atoms. The minimum absolute atomic E-state index is 0.00767. The average molecular weight is 329 g/mol. The lowest BCUT2D eigenvalue weighted by Crippen LogP contribution is -2.49. The summed E-state index contributed by atoms with van der Waals surface area (Å²) in [5.41, 5.74) is 6.92. The van der Waals surface area contributed by atoms with Gasteiger partial charge in [0.05, 0.1) is 23.2 Å². The van der Waals surface area contributed by atoms with Crippen molar-refractivity contribution in [1.82, 2.24) is 4.90 Å². The first-order valence-electron chi connectivity index (χ1n) is 6.73. The average Bonchev–Trinajstić information content (AvgIpc) is 3.25. The number of ether oxygens (including phenoxy) is 1. The van der Waals surface area contributed by atoms with Gasteiger partial charge in [-0.15, -0.1) is 0 Å². The molecule has 1 aliphatic carbocycles. The first-order valence-corrected chi connectivity index (χ1v) is 7.52. The van der Waals surface area contributed by atoms with Crippen LogP contribution in [0, 0.1) is 5.82 Å². The van der Waals surface area contributed by atoms with Crippen molar-refractivity contribution in [2.75, 3.05) is 19.7 Å². The second-order valence-corrected chi connectivity index (χ2v) is 6.09. The van der Waals surface area contributed by atoms with E-state index in [-0.39, 0.29) is 18.0 Å². The van der Waals surface area contributed by atoms with E-state index in [0.29, 0.717) is 17.1 Å². The minimum Gasteiger partial charge on any atom is -0.374 e. The summed E-state index contributed by atoms with van der Waals surface area (Å²) in [5.74, 6) is -0.234. The van der Waals surface area contributed by atoms with Crippen LogP contribution in [-0.2, 0) is 4.74 Å². The Bertz CT molecular complexity index is 467. The molecule has 0 spiro atoms. The van der Waals surface area contributed by atoms with Gasteiger partial charge >= 0.3 is 0 Å². The smallest absolute Gasteiger partial charge is 0.137 e. The summed E-state index contributed by atoms with van der Waals surface area (Å²) < 4.78 is 19.7. The van der Waals surface area contributed by atoms with Crippen molar-refractivity contribution in [2.45, 2.75) is 31.0 Å². The molecule has 2 fully saturated rings. The third-order valence-corrected chi connectivity index (χ3v) is 4.53. The van der Waals surface area contributed by atoms with Crippen molar-refractivity contribution in [3.05, 3.63) is 34.1 Å². The first-order chi connectivity index (χ1) is 9.20. The van der Waals surface area contributed by atoms with Gasteiger partial charge in [-0.3, -0.25) is 4.90 Å². The maximum absolute atomic E-state index is 13.4. The molecule has 2 unspecified atom stereocenters. The molecule has 1 aromatic rings.